The van der Waals surface area contributed by atoms with Crippen LogP contribution in [0, 0.1) is 17.8 Å². The third-order valence-corrected chi connectivity index (χ3v) is 7.02. The van der Waals surface area contributed by atoms with Gasteiger partial charge in [0.2, 0.25) is 0 Å². The summed E-state index contributed by atoms with van der Waals surface area (Å²) in [5.74, 6) is 7.64. The number of carbonyl (C=O) groups excluding carboxylic acids is 1. The van der Waals surface area contributed by atoms with Crippen LogP contribution in [0.1, 0.15) is 19.8 Å². The Bertz CT molecular complexity index is 822. The zero-order valence-electron chi connectivity index (χ0n) is 17.6. The first kappa shape index (κ1) is 19.7. The zero-order valence-corrected chi connectivity index (χ0v) is 17.6. The lowest BCUT2D eigenvalue weighted by Gasteiger charge is -2.50. The Kier molecular flexibility index (Phi) is 5.55. The second kappa shape index (κ2) is 8.46. The summed E-state index contributed by atoms with van der Waals surface area (Å²) in [4.78, 5) is 19.4. The fourth-order valence-electron chi connectivity index (χ4n) is 5.17. The lowest BCUT2D eigenvalue weighted by Crippen LogP contribution is -2.63. The molecule has 0 aromatic rings. The van der Waals surface area contributed by atoms with Gasteiger partial charge in [0, 0.05) is 56.2 Å². The van der Waals surface area contributed by atoms with Crippen LogP contribution in [-0.4, -0.2) is 84.7 Å². The van der Waals surface area contributed by atoms with E-state index in [1.165, 1.54) is 12.8 Å². The maximum atomic E-state index is 12.9. The van der Waals surface area contributed by atoms with Gasteiger partial charge in [0.15, 0.2) is 5.76 Å². The minimum absolute atomic E-state index is 0.0607. The molecule has 160 valence electrons. The Morgan fingerprint density at radius 3 is 2.83 bits per heavy atom. The maximum absolute atomic E-state index is 12.9. The normalized spacial score (nSPS) is 35.0. The van der Waals surface area contributed by atoms with Crippen molar-refractivity contribution in [3.63, 3.8) is 0 Å². The number of hydrogen-bond donors (Lipinski definition) is 2. The number of urea groups is 1. The molecule has 6 aliphatic rings. The molecule has 7 nitrogen and oxygen atoms in total. The third kappa shape index (κ3) is 4.00. The number of piperidine rings is 3. The number of allylic oxidation sites excluding steroid dienone is 1. The number of nitrogens with zero attached hydrogens (tertiary/aromatic N) is 3. The molecular weight excluding hydrogens is 378 g/mol. The average Bonchev–Trinajstić information content (AvgIpc) is 3.19. The molecule has 0 saturated carbocycles. The SMILES string of the molecule is C[C@H]1[C@H](NC(=O)N2C=CC3OC(C#CCN4CCNCC4)=CC3=C2)C2CCN1CC2. The quantitative estimate of drug-likeness (QED) is 0.669. The van der Waals surface area contributed by atoms with Crippen molar-refractivity contribution in [3.8, 4) is 11.8 Å². The molecule has 3 atom stereocenters. The van der Waals surface area contributed by atoms with Crippen LogP contribution in [-0.2, 0) is 4.74 Å². The summed E-state index contributed by atoms with van der Waals surface area (Å²) in [5, 5.41) is 6.63. The summed E-state index contributed by atoms with van der Waals surface area (Å²) in [6, 6.07) is 0.573. The van der Waals surface area contributed by atoms with Gasteiger partial charge in [-0.15, -0.1) is 0 Å². The number of ether oxygens (including phenoxy) is 1. The van der Waals surface area contributed by atoms with Gasteiger partial charge < -0.3 is 15.4 Å². The highest BCUT2D eigenvalue weighted by molar-refractivity contribution is 5.77. The molecule has 0 aliphatic carbocycles. The molecule has 30 heavy (non-hydrogen) atoms. The molecule has 2 amide bonds. The van der Waals surface area contributed by atoms with Crippen molar-refractivity contribution in [3.05, 3.63) is 35.9 Å². The Morgan fingerprint density at radius 1 is 1.27 bits per heavy atom. The largest absolute Gasteiger partial charge is 0.473 e. The molecule has 0 spiro atoms. The zero-order chi connectivity index (χ0) is 20.5. The van der Waals surface area contributed by atoms with E-state index in [9.17, 15) is 4.79 Å². The van der Waals surface area contributed by atoms with Gasteiger partial charge in [-0.25, -0.2) is 4.79 Å². The van der Waals surface area contributed by atoms with Crippen LogP contribution in [0.2, 0.25) is 0 Å². The van der Waals surface area contributed by atoms with Crippen LogP contribution in [0.3, 0.4) is 0 Å². The number of hydrogen-bond acceptors (Lipinski definition) is 5. The van der Waals surface area contributed by atoms with Crippen LogP contribution in [0.4, 0.5) is 4.79 Å². The molecule has 0 radical (unpaired) electrons. The monoisotopic (exact) mass is 409 g/mol. The van der Waals surface area contributed by atoms with Gasteiger partial charge in [-0.1, -0.05) is 5.92 Å². The van der Waals surface area contributed by atoms with Gasteiger partial charge in [-0.2, -0.15) is 0 Å². The fraction of sp³-hybridized carbons (Fsp3) is 0.609. The molecule has 4 saturated heterocycles. The van der Waals surface area contributed by atoms with Gasteiger partial charge in [-0.05, 0) is 56.8 Å². The highest BCUT2D eigenvalue weighted by Crippen LogP contribution is 2.32. The van der Waals surface area contributed by atoms with Gasteiger partial charge in [0.1, 0.15) is 6.10 Å². The fourth-order valence-corrected chi connectivity index (χ4v) is 5.17. The predicted octanol–water partition coefficient (Wildman–Crippen LogP) is 1.08. The number of fused-ring (bicyclic) bond motifs is 4. The number of amides is 2. The van der Waals surface area contributed by atoms with E-state index in [2.05, 4.69) is 39.2 Å². The van der Waals surface area contributed by atoms with Crippen LogP contribution in [0.25, 0.3) is 0 Å². The molecular formula is C23H31N5O2. The molecule has 2 bridgehead atoms. The molecule has 1 unspecified atom stereocenters. The summed E-state index contributed by atoms with van der Waals surface area (Å²) in [5.41, 5.74) is 0.973. The molecule has 4 fully saturated rings. The van der Waals surface area contributed by atoms with Crippen molar-refractivity contribution in [2.75, 3.05) is 45.8 Å². The van der Waals surface area contributed by atoms with E-state index in [0.717, 1.165) is 51.4 Å². The summed E-state index contributed by atoms with van der Waals surface area (Å²) < 4.78 is 5.93. The third-order valence-electron chi connectivity index (χ3n) is 7.02. The highest BCUT2D eigenvalue weighted by Gasteiger charge is 2.41. The van der Waals surface area contributed by atoms with E-state index >= 15 is 0 Å². The van der Waals surface area contributed by atoms with Crippen molar-refractivity contribution in [1.29, 1.82) is 0 Å². The standard InChI is InChI=1S/C23H31N5O2/c1-17-22(18-4-10-27(17)11-5-18)25-23(29)28-12-6-21-19(16-28)15-20(30-21)3-2-9-26-13-7-24-8-14-26/h6,12,15-18,21-22,24H,4-5,7-11,13-14H2,1H3,(H,25,29)/t17-,21?,22-/m0/s1. The predicted molar refractivity (Wildman–Crippen MR) is 115 cm³/mol. The van der Waals surface area contributed by atoms with Crippen LogP contribution >= 0.6 is 0 Å². The van der Waals surface area contributed by atoms with Crippen molar-refractivity contribution in [2.24, 2.45) is 5.92 Å². The Hall–Kier alpha value is -2.27. The van der Waals surface area contributed by atoms with E-state index < -0.39 is 0 Å². The van der Waals surface area contributed by atoms with E-state index in [-0.39, 0.29) is 18.2 Å². The first-order valence-corrected chi connectivity index (χ1v) is 11.2. The topological polar surface area (TPSA) is 60.1 Å². The first-order chi connectivity index (χ1) is 14.7. The smallest absolute Gasteiger partial charge is 0.325 e. The van der Waals surface area contributed by atoms with Gasteiger partial charge >= 0.3 is 6.03 Å². The molecule has 2 N–H and O–H groups in total. The molecule has 0 aromatic heterocycles. The second-order valence-corrected chi connectivity index (χ2v) is 8.84. The number of piperazine rings is 1. The van der Waals surface area contributed by atoms with Gasteiger partial charge in [0.25, 0.3) is 0 Å². The second-order valence-electron chi connectivity index (χ2n) is 8.84. The van der Waals surface area contributed by atoms with E-state index in [1.54, 1.807) is 11.1 Å². The number of carbonyl (C=O) groups is 1. The Balaban J connectivity index is 1.19. The summed E-state index contributed by atoms with van der Waals surface area (Å²) in [6.07, 6.45) is 9.78. The summed E-state index contributed by atoms with van der Waals surface area (Å²) >= 11 is 0. The van der Waals surface area contributed by atoms with Crippen LogP contribution < -0.4 is 10.6 Å². The van der Waals surface area contributed by atoms with Crippen LogP contribution in [0.15, 0.2) is 35.9 Å². The minimum atomic E-state index is -0.145. The maximum Gasteiger partial charge on any atom is 0.325 e. The van der Waals surface area contributed by atoms with Gasteiger partial charge in [-0.3, -0.25) is 14.7 Å². The molecule has 0 aromatic carbocycles. The number of nitrogens with one attached hydrogen (secondary N) is 2. The van der Waals surface area contributed by atoms with Crippen molar-refractivity contribution in [1.82, 2.24) is 25.3 Å². The molecule has 6 heterocycles. The van der Waals surface area contributed by atoms with E-state index in [1.807, 2.05) is 18.4 Å². The van der Waals surface area contributed by atoms with Crippen LogP contribution in [0.5, 0.6) is 0 Å². The highest BCUT2D eigenvalue weighted by atomic mass is 16.5. The Labute approximate surface area is 178 Å². The number of rotatable bonds is 2. The first-order valence-electron chi connectivity index (χ1n) is 11.2. The van der Waals surface area contributed by atoms with E-state index in [0.29, 0.717) is 17.7 Å². The molecule has 7 heteroatoms. The lowest BCUT2D eigenvalue weighted by atomic mass is 9.79. The molecule has 6 rings (SSSR count). The average molecular weight is 410 g/mol. The summed E-state index contributed by atoms with van der Waals surface area (Å²) in [7, 11) is 0. The van der Waals surface area contributed by atoms with Gasteiger partial charge in [0.05, 0.1) is 6.54 Å². The minimum Gasteiger partial charge on any atom is -0.473 e. The van der Waals surface area contributed by atoms with Crippen molar-refractivity contribution in [2.45, 2.75) is 38.0 Å². The Morgan fingerprint density at radius 2 is 2.07 bits per heavy atom. The lowest BCUT2D eigenvalue weighted by molar-refractivity contribution is 0.0256. The van der Waals surface area contributed by atoms with E-state index in [4.69, 9.17) is 4.74 Å². The van der Waals surface area contributed by atoms with Crippen molar-refractivity contribution >= 4 is 6.03 Å². The molecule has 6 aliphatic heterocycles. The van der Waals surface area contributed by atoms with Crippen molar-refractivity contribution < 1.29 is 9.53 Å². The summed E-state index contributed by atoms with van der Waals surface area (Å²) in [6.45, 7) is 9.43.